The van der Waals surface area contributed by atoms with E-state index in [0.717, 1.165) is 16.7 Å². The molecule has 0 spiro atoms. The van der Waals surface area contributed by atoms with Crippen molar-refractivity contribution in [2.75, 3.05) is 33.9 Å². The van der Waals surface area contributed by atoms with Gasteiger partial charge >= 0.3 is 11.9 Å². The molecule has 2 aromatic carbocycles. The highest BCUT2D eigenvalue weighted by atomic mass is 16.6. The van der Waals surface area contributed by atoms with Gasteiger partial charge in [-0.25, -0.2) is 9.59 Å². The van der Waals surface area contributed by atoms with Gasteiger partial charge in [-0.1, -0.05) is 35.9 Å². The Labute approximate surface area is 226 Å². The van der Waals surface area contributed by atoms with Gasteiger partial charge in [0.2, 0.25) is 12.2 Å². The molecule has 0 saturated carbocycles. The largest absolute Gasteiger partial charge is 0.470 e. The van der Waals surface area contributed by atoms with Crippen molar-refractivity contribution >= 4 is 11.9 Å². The van der Waals surface area contributed by atoms with E-state index in [1.54, 1.807) is 21.0 Å². The lowest BCUT2D eigenvalue weighted by atomic mass is 9.91. The third-order valence-electron chi connectivity index (χ3n) is 6.92. The van der Waals surface area contributed by atoms with E-state index in [1.807, 2.05) is 19.1 Å². The average Bonchev–Trinajstić information content (AvgIpc) is 2.86. The molecule has 2 aromatic rings. The fourth-order valence-electron chi connectivity index (χ4n) is 4.65. The van der Waals surface area contributed by atoms with Gasteiger partial charge in [-0.15, -0.1) is 0 Å². The molecular weight excluding hydrogens is 486 g/mol. The number of carbonyl (C=O) groups excluding carboxylic acids is 2. The van der Waals surface area contributed by atoms with Crippen LogP contribution >= 0.6 is 0 Å². The predicted molar refractivity (Wildman–Crippen MR) is 145 cm³/mol. The van der Waals surface area contributed by atoms with E-state index in [2.05, 4.69) is 57.0 Å². The SMILES string of the molecule is CCOC(=O)C1Oc2cc(CC(C)(C)N(C)CC(OC)c3cccc(C)c3)cc(C)c2OC1C(=O)OCC. The number of carbonyl (C=O) groups is 2. The molecule has 1 aliphatic rings. The number of hydrogen-bond acceptors (Lipinski definition) is 8. The minimum absolute atomic E-state index is 0.0636. The average molecular weight is 528 g/mol. The van der Waals surface area contributed by atoms with Crippen LogP contribution in [0.2, 0.25) is 0 Å². The van der Waals surface area contributed by atoms with E-state index >= 15 is 0 Å². The summed E-state index contributed by atoms with van der Waals surface area (Å²) < 4.78 is 28.1. The Kier molecular flexibility index (Phi) is 9.79. The van der Waals surface area contributed by atoms with Crippen molar-refractivity contribution in [3.05, 3.63) is 58.7 Å². The molecule has 0 aromatic heterocycles. The normalized spacial score (nSPS) is 17.7. The van der Waals surface area contributed by atoms with Crippen molar-refractivity contribution in [1.82, 2.24) is 4.90 Å². The fraction of sp³-hybridized carbons (Fsp3) is 0.533. The van der Waals surface area contributed by atoms with Crippen molar-refractivity contribution in [2.45, 2.75) is 71.8 Å². The standard InChI is InChI=1S/C30H41NO7/c1-9-35-28(32)26-27(29(33)36-10-2)38-25-20(4)15-21(16-23(25)37-26)17-30(5,6)31(7)18-24(34-8)22-13-11-12-19(3)14-22/h11-16,24,26-27H,9-10,17-18H2,1-8H3. The molecule has 0 bridgehead atoms. The topological polar surface area (TPSA) is 83.5 Å². The zero-order valence-electron chi connectivity index (χ0n) is 23.8. The molecule has 1 heterocycles. The number of benzene rings is 2. The van der Waals surface area contributed by atoms with Gasteiger partial charge in [0.1, 0.15) is 0 Å². The van der Waals surface area contributed by atoms with Gasteiger partial charge < -0.3 is 23.7 Å². The summed E-state index contributed by atoms with van der Waals surface area (Å²) in [6.07, 6.45) is -1.84. The molecule has 8 heteroatoms. The lowest BCUT2D eigenvalue weighted by Crippen LogP contribution is -2.51. The lowest BCUT2D eigenvalue weighted by Gasteiger charge is -2.38. The zero-order chi connectivity index (χ0) is 28.0. The zero-order valence-corrected chi connectivity index (χ0v) is 23.8. The van der Waals surface area contributed by atoms with E-state index < -0.39 is 24.1 Å². The van der Waals surface area contributed by atoms with Crippen LogP contribution in [0.4, 0.5) is 0 Å². The van der Waals surface area contributed by atoms with Crippen LogP contribution in [0.25, 0.3) is 0 Å². The van der Waals surface area contributed by atoms with Crippen molar-refractivity contribution in [2.24, 2.45) is 0 Å². The van der Waals surface area contributed by atoms with Crippen LogP contribution in [0.3, 0.4) is 0 Å². The summed E-state index contributed by atoms with van der Waals surface area (Å²) in [6, 6.07) is 12.3. The number of rotatable bonds is 11. The first-order chi connectivity index (χ1) is 18.0. The first-order valence-electron chi connectivity index (χ1n) is 13.1. The molecule has 0 aliphatic carbocycles. The third-order valence-corrected chi connectivity index (χ3v) is 6.92. The van der Waals surface area contributed by atoms with Crippen LogP contribution in [0.5, 0.6) is 11.5 Å². The molecule has 1 aliphatic heterocycles. The molecule has 0 saturated heterocycles. The van der Waals surface area contributed by atoms with Crippen molar-refractivity contribution in [1.29, 1.82) is 0 Å². The van der Waals surface area contributed by atoms with Gasteiger partial charge in [0.25, 0.3) is 0 Å². The third kappa shape index (κ3) is 6.85. The molecule has 3 unspecified atom stereocenters. The van der Waals surface area contributed by atoms with Crippen LogP contribution in [-0.4, -0.2) is 68.5 Å². The minimum Gasteiger partial charge on any atom is -0.470 e. The number of likely N-dealkylation sites (N-methyl/N-ethyl adjacent to an activating group) is 1. The van der Waals surface area contributed by atoms with Crippen molar-refractivity contribution in [3.63, 3.8) is 0 Å². The van der Waals surface area contributed by atoms with Gasteiger partial charge in [0.15, 0.2) is 11.5 Å². The first-order valence-corrected chi connectivity index (χ1v) is 13.1. The van der Waals surface area contributed by atoms with Crippen LogP contribution in [0, 0.1) is 13.8 Å². The molecular formula is C30H41NO7. The van der Waals surface area contributed by atoms with Gasteiger partial charge in [0.05, 0.1) is 19.3 Å². The molecule has 0 fully saturated rings. The van der Waals surface area contributed by atoms with Crippen LogP contribution < -0.4 is 9.47 Å². The Morgan fingerprint density at radius 1 is 1.00 bits per heavy atom. The quantitative estimate of drug-likeness (QED) is 0.393. The molecule has 3 rings (SSSR count). The fourth-order valence-corrected chi connectivity index (χ4v) is 4.65. The summed E-state index contributed by atoms with van der Waals surface area (Å²) in [4.78, 5) is 27.5. The summed E-state index contributed by atoms with van der Waals surface area (Å²) in [6.45, 7) is 12.8. The second-order valence-electron chi connectivity index (χ2n) is 10.3. The molecule has 3 atom stereocenters. The second kappa shape index (κ2) is 12.6. The molecule has 208 valence electrons. The Hall–Kier alpha value is -3.10. The number of hydrogen-bond donors (Lipinski definition) is 0. The van der Waals surface area contributed by atoms with E-state index in [4.69, 9.17) is 23.7 Å². The molecule has 0 N–H and O–H groups in total. The number of esters is 2. The van der Waals surface area contributed by atoms with E-state index in [0.29, 0.717) is 24.5 Å². The molecule has 0 amide bonds. The molecule has 8 nitrogen and oxygen atoms in total. The first kappa shape index (κ1) is 29.5. The number of methoxy groups -OCH3 is 1. The Morgan fingerprint density at radius 3 is 2.21 bits per heavy atom. The van der Waals surface area contributed by atoms with E-state index in [9.17, 15) is 9.59 Å². The lowest BCUT2D eigenvalue weighted by molar-refractivity contribution is -0.171. The van der Waals surface area contributed by atoms with Crippen LogP contribution in [0.1, 0.15) is 56.1 Å². The monoisotopic (exact) mass is 527 g/mol. The van der Waals surface area contributed by atoms with E-state index in [1.165, 1.54) is 5.56 Å². The highest BCUT2D eigenvalue weighted by Crippen LogP contribution is 2.40. The highest BCUT2D eigenvalue weighted by Gasteiger charge is 2.44. The van der Waals surface area contributed by atoms with Crippen LogP contribution in [-0.2, 0) is 30.2 Å². The second-order valence-corrected chi connectivity index (χ2v) is 10.3. The Bertz CT molecular complexity index is 1130. The Balaban J connectivity index is 1.82. The van der Waals surface area contributed by atoms with Gasteiger partial charge in [0, 0.05) is 19.2 Å². The maximum absolute atomic E-state index is 12.6. The van der Waals surface area contributed by atoms with Gasteiger partial charge in [-0.05, 0) is 77.8 Å². The molecule has 38 heavy (non-hydrogen) atoms. The number of fused-ring (bicyclic) bond motifs is 1. The van der Waals surface area contributed by atoms with Gasteiger partial charge in [-0.2, -0.15) is 0 Å². The van der Waals surface area contributed by atoms with Crippen molar-refractivity contribution in [3.8, 4) is 11.5 Å². The summed E-state index contributed by atoms with van der Waals surface area (Å²) in [5, 5.41) is 0. The number of nitrogens with zero attached hydrogens (tertiary/aromatic N) is 1. The maximum Gasteiger partial charge on any atom is 0.351 e. The summed E-state index contributed by atoms with van der Waals surface area (Å²) in [7, 11) is 3.83. The smallest absolute Gasteiger partial charge is 0.351 e. The molecule has 0 radical (unpaired) electrons. The van der Waals surface area contributed by atoms with Crippen molar-refractivity contribution < 1.29 is 33.3 Å². The number of aryl methyl sites for hydroxylation is 2. The number of ether oxygens (including phenoxy) is 5. The Morgan fingerprint density at radius 2 is 1.63 bits per heavy atom. The summed E-state index contributed by atoms with van der Waals surface area (Å²) >= 11 is 0. The van der Waals surface area contributed by atoms with E-state index in [-0.39, 0.29) is 24.9 Å². The van der Waals surface area contributed by atoms with Gasteiger partial charge in [-0.3, -0.25) is 4.90 Å². The van der Waals surface area contributed by atoms with Crippen LogP contribution in [0.15, 0.2) is 36.4 Å². The summed E-state index contributed by atoms with van der Waals surface area (Å²) in [5.41, 5.74) is 3.94. The predicted octanol–water partition coefficient (Wildman–Crippen LogP) is 4.58. The maximum atomic E-state index is 12.6. The summed E-state index contributed by atoms with van der Waals surface area (Å²) in [5.74, 6) is -0.492. The highest BCUT2D eigenvalue weighted by molar-refractivity contribution is 5.87. The minimum atomic E-state index is -1.25.